The summed E-state index contributed by atoms with van der Waals surface area (Å²) in [5.74, 6) is 1.62. The average Bonchev–Trinajstić information content (AvgIpc) is 2.62. The van der Waals surface area contributed by atoms with Crippen LogP contribution >= 0.6 is 0 Å². The fourth-order valence-corrected chi connectivity index (χ4v) is 2.60. The number of unbranched alkanes of at least 4 members (excludes halogenated alkanes) is 1. The Hall–Kier alpha value is -2.89. The van der Waals surface area contributed by atoms with Gasteiger partial charge in [-0.1, -0.05) is 31.5 Å². The third-order valence-electron chi connectivity index (χ3n) is 3.91. The van der Waals surface area contributed by atoms with Gasteiger partial charge in [0.2, 0.25) is 5.95 Å². The number of benzene rings is 1. The van der Waals surface area contributed by atoms with Gasteiger partial charge in [-0.25, -0.2) is 4.98 Å². The van der Waals surface area contributed by atoms with Crippen LogP contribution in [0.5, 0.6) is 5.75 Å². The number of nitrogens with zero attached hydrogens (tertiary/aromatic N) is 2. The van der Waals surface area contributed by atoms with Gasteiger partial charge < -0.3 is 15.8 Å². The zero-order valence-electron chi connectivity index (χ0n) is 15.6. The number of carbonyl (C=O) groups excluding carboxylic acids is 1. The molecule has 138 valence electrons. The normalized spacial score (nSPS) is 10.9. The Kier molecular flexibility index (Phi) is 7.14. The van der Waals surface area contributed by atoms with Gasteiger partial charge in [-0.3, -0.25) is 4.79 Å². The van der Waals surface area contributed by atoms with Crippen molar-refractivity contribution in [3.05, 3.63) is 47.2 Å². The van der Waals surface area contributed by atoms with Gasteiger partial charge in [-0.2, -0.15) is 4.98 Å². The van der Waals surface area contributed by atoms with Crippen molar-refractivity contribution >= 4 is 23.6 Å². The molecule has 1 aromatic heterocycles. The van der Waals surface area contributed by atoms with Gasteiger partial charge in [0.1, 0.15) is 11.6 Å². The number of ether oxygens (including phenoxy) is 1. The molecular weight excluding hydrogens is 328 g/mol. The van der Waals surface area contributed by atoms with Gasteiger partial charge in [0, 0.05) is 18.5 Å². The highest BCUT2D eigenvalue weighted by molar-refractivity contribution is 5.91. The van der Waals surface area contributed by atoms with Crippen molar-refractivity contribution in [2.75, 3.05) is 24.7 Å². The van der Waals surface area contributed by atoms with E-state index in [-0.39, 0.29) is 11.7 Å². The van der Waals surface area contributed by atoms with E-state index in [0.29, 0.717) is 17.9 Å². The Labute approximate surface area is 154 Å². The maximum absolute atomic E-state index is 11.4. The number of allylic oxidation sites excluding steroid dienone is 1. The number of hydrogen-bond donors (Lipinski definition) is 2. The molecule has 0 bridgehead atoms. The Morgan fingerprint density at radius 2 is 2.08 bits per heavy atom. The molecule has 0 radical (unpaired) electrons. The van der Waals surface area contributed by atoms with Crippen LogP contribution in [0.1, 0.15) is 43.5 Å². The summed E-state index contributed by atoms with van der Waals surface area (Å²) in [6.07, 6.45) is 5.85. The molecule has 0 unspecified atom stereocenters. The molecule has 0 aliphatic heterocycles. The molecule has 0 atom stereocenters. The maximum atomic E-state index is 11.4. The lowest BCUT2D eigenvalue weighted by molar-refractivity contribution is -0.112. The molecule has 0 aliphatic carbocycles. The van der Waals surface area contributed by atoms with Crippen molar-refractivity contribution < 1.29 is 9.53 Å². The molecule has 0 saturated heterocycles. The SMILES string of the molecule is CCCCNc1nc(N)nc(/C=C/C(C)=O)c1Cc1ccccc1OC. The molecule has 0 amide bonds. The number of nitrogen functional groups attached to an aromatic ring is 1. The minimum atomic E-state index is -0.0501. The van der Waals surface area contributed by atoms with Crippen LogP contribution in [0.2, 0.25) is 0 Å². The number of hydrogen-bond acceptors (Lipinski definition) is 6. The number of carbonyl (C=O) groups is 1. The number of ketones is 1. The van der Waals surface area contributed by atoms with E-state index in [1.54, 1.807) is 13.2 Å². The summed E-state index contributed by atoms with van der Waals surface area (Å²) in [6, 6.07) is 7.82. The number of para-hydroxylation sites is 1. The summed E-state index contributed by atoms with van der Waals surface area (Å²) in [4.78, 5) is 20.1. The molecule has 6 heteroatoms. The summed E-state index contributed by atoms with van der Waals surface area (Å²) in [5.41, 5.74) is 8.42. The summed E-state index contributed by atoms with van der Waals surface area (Å²) in [7, 11) is 1.65. The predicted octanol–water partition coefficient (Wildman–Crippen LogP) is 3.47. The Morgan fingerprint density at radius 3 is 2.77 bits per heavy atom. The van der Waals surface area contributed by atoms with Crippen LogP contribution in [0, 0.1) is 0 Å². The maximum Gasteiger partial charge on any atom is 0.222 e. The number of nitrogens with one attached hydrogen (secondary N) is 1. The number of methoxy groups -OCH3 is 1. The minimum Gasteiger partial charge on any atom is -0.496 e. The first-order valence-electron chi connectivity index (χ1n) is 8.76. The van der Waals surface area contributed by atoms with E-state index in [1.165, 1.54) is 13.0 Å². The second-order valence-electron chi connectivity index (χ2n) is 6.01. The topological polar surface area (TPSA) is 90.1 Å². The van der Waals surface area contributed by atoms with E-state index in [0.717, 1.165) is 36.3 Å². The van der Waals surface area contributed by atoms with E-state index in [1.807, 2.05) is 24.3 Å². The lowest BCUT2D eigenvalue weighted by Gasteiger charge is -2.15. The number of anilines is 2. The molecule has 6 nitrogen and oxygen atoms in total. The monoisotopic (exact) mass is 354 g/mol. The molecule has 0 saturated carbocycles. The van der Waals surface area contributed by atoms with Crippen molar-refractivity contribution in [3.63, 3.8) is 0 Å². The summed E-state index contributed by atoms with van der Waals surface area (Å²) >= 11 is 0. The molecular formula is C20H26N4O2. The fourth-order valence-electron chi connectivity index (χ4n) is 2.60. The molecule has 2 aromatic rings. The highest BCUT2D eigenvalue weighted by Crippen LogP contribution is 2.27. The molecule has 3 N–H and O–H groups in total. The largest absolute Gasteiger partial charge is 0.496 e. The van der Waals surface area contributed by atoms with Crippen LogP contribution in [0.25, 0.3) is 6.08 Å². The second kappa shape index (κ2) is 9.56. The lowest BCUT2D eigenvalue weighted by atomic mass is 10.0. The van der Waals surface area contributed by atoms with Crippen LogP contribution < -0.4 is 15.8 Å². The van der Waals surface area contributed by atoms with E-state index >= 15 is 0 Å². The first-order chi connectivity index (χ1) is 12.5. The Bertz CT molecular complexity index is 787. The Balaban J connectivity index is 2.48. The highest BCUT2D eigenvalue weighted by Gasteiger charge is 2.15. The quantitative estimate of drug-likeness (QED) is 0.529. The van der Waals surface area contributed by atoms with Crippen LogP contribution in [-0.4, -0.2) is 29.4 Å². The molecule has 26 heavy (non-hydrogen) atoms. The van der Waals surface area contributed by atoms with E-state index in [2.05, 4.69) is 22.2 Å². The third kappa shape index (κ3) is 5.31. The van der Waals surface area contributed by atoms with Gasteiger partial charge in [0.15, 0.2) is 5.78 Å². The van der Waals surface area contributed by atoms with Gasteiger partial charge in [-0.15, -0.1) is 0 Å². The van der Waals surface area contributed by atoms with Crippen molar-refractivity contribution in [2.24, 2.45) is 0 Å². The third-order valence-corrected chi connectivity index (χ3v) is 3.91. The molecule has 2 rings (SSSR count). The second-order valence-corrected chi connectivity index (χ2v) is 6.01. The minimum absolute atomic E-state index is 0.0501. The zero-order valence-corrected chi connectivity index (χ0v) is 15.6. The fraction of sp³-hybridized carbons (Fsp3) is 0.350. The summed E-state index contributed by atoms with van der Waals surface area (Å²) in [6.45, 7) is 4.43. The highest BCUT2D eigenvalue weighted by atomic mass is 16.5. The molecule has 1 aromatic carbocycles. The van der Waals surface area contributed by atoms with Gasteiger partial charge in [0.05, 0.1) is 12.8 Å². The van der Waals surface area contributed by atoms with E-state index < -0.39 is 0 Å². The Morgan fingerprint density at radius 1 is 1.31 bits per heavy atom. The van der Waals surface area contributed by atoms with Crippen LogP contribution in [-0.2, 0) is 11.2 Å². The molecule has 0 spiro atoms. The molecule has 1 heterocycles. The van der Waals surface area contributed by atoms with Crippen LogP contribution in [0.4, 0.5) is 11.8 Å². The van der Waals surface area contributed by atoms with Crippen molar-refractivity contribution in [1.29, 1.82) is 0 Å². The van der Waals surface area contributed by atoms with Crippen molar-refractivity contribution in [1.82, 2.24) is 9.97 Å². The van der Waals surface area contributed by atoms with E-state index in [9.17, 15) is 4.79 Å². The van der Waals surface area contributed by atoms with Gasteiger partial charge >= 0.3 is 0 Å². The van der Waals surface area contributed by atoms with Crippen LogP contribution in [0.15, 0.2) is 30.3 Å². The first kappa shape index (κ1) is 19.4. The molecule has 0 fully saturated rings. The summed E-state index contributed by atoms with van der Waals surface area (Å²) < 4.78 is 5.46. The standard InChI is InChI=1S/C20H26N4O2/c1-4-5-12-22-19-16(13-15-8-6-7-9-18(15)26-3)17(11-10-14(2)25)23-20(21)24-19/h6-11H,4-5,12-13H2,1-3H3,(H3,21,22,23,24)/b11-10+. The number of aromatic nitrogens is 2. The van der Waals surface area contributed by atoms with Gasteiger partial charge in [0.25, 0.3) is 0 Å². The predicted molar refractivity (Wildman–Crippen MR) is 105 cm³/mol. The molecule has 0 aliphatic rings. The first-order valence-corrected chi connectivity index (χ1v) is 8.76. The average molecular weight is 354 g/mol. The number of nitrogens with two attached hydrogens (primary N) is 1. The summed E-state index contributed by atoms with van der Waals surface area (Å²) in [5, 5.41) is 3.35. The zero-order chi connectivity index (χ0) is 18.9. The number of rotatable bonds is 9. The van der Waals surface area contributed by atoms with Crippen LogP contribution in [0.3, 0.4) is 0 Å². The van der Waals surface area contributed by atoms with Crippen molar-refractivity contribution in [3.8, 4) is 5.75 Å². The smallest absolute Gasteiger partial charge is 0.222 e. The van der Waals surface area contributed by atoms with Crippen molar-refractivity contribution in [2.45, 2.75) is 33.1 Å². The van der Waals surface area contributed by atoms with Gasteiger partial charge in [-0.05, 0) is 37.1 Å². The lowest BCUT2D eigenvalue weighted by Crippen LogP contribution is -2.12. The van der Waals surface area contributed by atoms with E-state index in [4.69, 9.17) is 10.5 Å².